The van der Waals surface area contributed by atoms with Gasteiger partial charge in [0.05, 0.1) is 12.8 Å². The van der Waals surface area contributed by atoms with E-state index in [2.05, 4.69) is 15.6 Å². The number of anilines is 1. The molecule has 0 radical (unpaired) electrons. The molecule has 0 spiro atoms. The molecule has 3 aromatic rings. The maximum Gasteiger partial charge on any atom is 0.277 e. The zero-order valence-corrected chi connectivity index (χ0v) is 13.0. The molecule has 3 rings (SSSR count). The third-order valence-electron chi connectivity index (χ3n) is 3.35. The smallest absolute Gasteiger partial charge is 0.277 e. The van der Waals surface area contributed by atoms with Gasteiger partial charge in [0.25, 0.3) is 5.91 Å². The number of carbonyl (C=O) groups excluding carboxylic acids is 1. The molecule has 0 saturated carbocycles. The van der Waals surface area contributed by atoms with Crippen LogP contribution in [0.3, 0.4) is 0 Å². The van der Waals surface area contributed by atoms with E-state index in [4.69, 9.17) is 9.26 Å². The van der Waals surface area contributed by atoms with E-state index in [1.807, 2.05) is 24.3 Å². The summed E-state index contributed by atoms with van der Waals surface area (Å²) in [5, 5.41) is 10.6. The topological polar surface area (TPSA) is 82.2 Å². The Morgan fingerprint density at radius 3 is 2.83 bits per heavy atom. The van der Waals surface area contributed by atoms with Crippen molar-refractivity contribution in [3.8, 4) is 17.0 Å². The number of aromatic nitrogens is 3. The summed E-state index contributed by atoms with van der Waals surface area (Å²) < 4.78 is 11.8. The molecule has 118 valence electrons. The van der Waals surface area contributed by atoms with Gasteiger partial charge in [-0.3, -0.25) is 9.48 Å². The summed E-state index contributed by atoms with van der Waals surface area (Å²) in [6.45, 7) is 1.75. The Kier molecular flexibility index (Phi) is 3.84. The van der Waals surface area contributed by atoms with Gasteiger partial charge >= 0.3 is 0 Å². The molecule has 2 aromatic heterocycles. The second kappa shape index (κ2) is 5.96. The lowest BCUT2D eigenvalue weighted by Gasteiger charge is -2.04. The van der Waals surface area contributed by atoms with Gasteiger partial charge in [0.15, 0.2) is 11.5 Å². The molecule has 1 N–H and O–H groups in total. The average Bonchev–Trinajstić information content (AvgIpc) is 3.13. The van der Waals surface area contributed by atoms with Crippen molar-refractivity contribution in [3.63, 3.8) is 0 Å². The lowest BCUT2D eigenvalue weighted by atomic mass is 10.1. The van der Waals surface area contributed by atoms with E-state index >= 15 is 0 Å². The molecule has 23 heavy (non-hydrogen) atoms. The van der Waals surface area contributed by atoms with Crippen LogP contribution in [0.15, 0.2) is 40.9 Å². The predicted molar refractivity (Wildman–Crippen MR) is 84.4 cm³/mol. The minimum Gasteiger partial charge on any atom is -0.497 e. The van der Waals surface area contributed by atoms with Gasteiger partial charge in [0.1, 0.15) is 11.5 Å². The molecule has 1 aromatic carbocycles. The van der Waals surface area contributed by atoms with E-state index < -0.39 is 0 Å². The van der Waals surface area contributed by atoms with Crippen LogP contribution in [-0.4, -0.2) is 28.0 Å². The monoisotopic (exact) mass is 312 g/mol. The minimum atomic E-state index is -0.344. The molecular weight excluding hydrogens is 296 g/mol. The standard InChI is InChI=1S/C16H16N4O3/c1-10-7-15(19-23-10)17-16(21)13-9-14(20(2)18-13)11-5-4-6-12(8-11)22-3/h4-9H,1-3H3,(H,17,19,21). The molecular formula is C16H16N4O3. The van der Waals surface area contributed by atoms with E-state index in [0.717, 1.165) is 17.0 Å². The van der Waals surface area contributed by atoms with Crippen molar-refractivity contribution in [2.75, 3.05) is 12.4 Å². The number of hydrogen-bond acceptors (Lipinski definition) is 5. The average molecular weight is 312 g/mol. The molecule has 0 saturated heterocycles. The Morgan fingerprint density at radius 1 is 1.30 bits per heavy atom. The quantitative estimate of drug-likeness (QED) is 0.801. The lowest BCUT2D eigenvalue weighted by Crippen LogP contribution is -2.13. The fourth-order valence-corrected chi connectivity index (χ4v) is 2.24. The van der Waals surface area contributed by atoms with Crippen LogP contribution in [-0.2, 0) is 7.05 Å². The maximum absolute atomic E-state index is 12.3. The summed E-state index contributed by atoms with van der Waals surface area (Å²) in [7, 11) is 3.40. The second-order valence-electron chi connectivity index (χ2n) is 5.05. The summed E-state index contributed by atoms with van der Waals surface area (Å²) in [5.74, 6) is 1.38. The number of carbonyl (C=O) groups is 1. The lowest BCUT2D eigenvalue weighted by molar-refractivity contribution is 0.102. The van der Waals surface area contributed by atoms with Crippen molar-refractivity contribution >= 4 is 11.7 Å². The first-order valence-electron chi connectivity index (χ1n) is 7.00. The van der Waals surface area contributed by atoms with E-state index in [0.29, 0.717) is 17.3 Å². The van der Waals surface area contributed by atoms with E-state index in [1.54, 1.807) is 37.9 Å². The van der Waals surface area contributed by atoms with Gasteiger partial charge in [-0.2, -0.15) is 5.10 Å². The fraction of sp³-hybridized carbons (Fsp3) is 0.188. The summed E-state index contributed by atoms with van der Waals surface area (Å²) in [5.41, 5.74) is 2.02. The number of aryl methyl sites for hydroxylation is 2. The molecule has 0 fully saturated rings. The summed E-state index contributed by atoms with van der Waals surface area (Å²) in [6, 6.07) is 10.9. The SMILES string of the molecule is COc1cccc(-c2cc(C(=O)Nc3cc(C)on3)nn2C)c1. The van der Waals surface area contributed by atoms with Crippen LogP contribution in [0.2, 0.25) is 0 Å². The molecule has 0 aliphatic heterocycles. The molecule has 7 heteroatoms. The Bertz CT molecular complexity index is 851. The molecule has 0 aliphatic carbocycles. The van der Waals surface area contributed by atoms with Crippen LogP contribution >= 0.6 is 0 Å². The number of ether oxygens (including phenoxy) is 1. The Balaban J connectivity index is 1.86. The number of methoxy groups -OCH3 is 1. The van der Waals surface area contributed by atoms with Crippen molar-refractivity contribution in [1.29, 1.82) is 0 Å². The van der Waals surface area contributed by atoms with Crippen LogP contribution < -0.4 is 10.1 Å². The van der Waals surface area contributed by atoms with E-state index in [-0.39, 0.29) is 5.91 Å². The summed E-state index contributed by atoms with van der Waals surface area (Å²) in [4.78, 5) is 12.3. The largest absolute Gasteiger partial charge is 0.497 e. The highest BCUT2D eigenvalue weighted by Gasteiger charge is 2.15. The van der Waals surface area contributed by atoms with Crippen LogP contribution in [0.1, 0.15) is 16.2 Å². The highest BCUT2D eigenvalue weighted by molar-refractivity contribution is 6.02. The van der Waals surface area contributed by atoms with Gasteiger partial charge in [-0.25, -0.2) is 0 Å². The van der Waals surface area contributed by atoms with Crippen LogP contribution in [0.5, 0.6) is 5.75 Å². The number of benzene rings is 1. The van der Waals surface area contributed by atoms with Gasteiger partial charge in [-0.15, -0.1) is 0 Å². The summed E-state index contributed by atoms with van der Waals surface area (Å²) in [6.07, 6.45) is 0. The molecule has 0 bridgehead atoms. The minimum absolute atomic E-state index is 0.297. The van der Waals surface area contributed by atoms with Gasteiger partial charge in [-0.05, 0) is 25.1 Å². The van der Waals surface area contributed by atoms with Gasteiger partial charge < -0.3 is 14.6 Å². The second-order valence-corrected chi connectivity index (χ2v) is 5.05. The molecule has 2 heterocycles. The first-order chi connectivity index (χ1) is 11.1. The third-order valence-corrected chi connectivity index (χ3v) is 3.35. The van der Waals surface area contributed by atoms with E-state index in [9.17, 15) is 4.79 Å². The Morgan fingerprint density at radius 2 is 2.13 bits per heavy atom. The number of amides is 1. The number of nitrogens with one attached hydrogen (secondary N) is 1. The third kappa shape index (κ3) is 3.08. The summed E-state index contributed by atoms with van der Waals surface area (Å²) >= 11 is 0. The number of nitrogens with zero attached hydrogens (tertiary/aromatic N) is 3. The van der Waals surface area contributed by atoms with Gasteiger partial charge in [0, 0.05) is 18.7 Å². The molecule has 0 aliphatic rings. The first-order valence-corrected chi connectivity index (χ1v) is 7.00. The van der Waals surface area contributed by atoms with Crippen molar-refractivity contribution in [1.82, 2.24) is 14.9 Å². The van der Waals surface area contributed by atoms with Gasteiger partial charge in [0.2, 0.25) is 0 Å². The molecule has 0 unspecified atom stereocenters. The Hall–Kier alpha value is -3.09. The maximum atomic E-state index is 12.3. The molecule has 0 atom stereocenters. The highest BCUT2D eigenvalue weighted by atomic mass is 16.5. The van der Waals surface area contributed by atoms with Crippen molar-refractivity contribution in [2.24, 2.45) is 7.05 Å². The predicted octanol–water partition coefficient (Wildman–Crippen LogP) is 2.64. The fourth-order valence-electron chi connectivity index (χ4n) is 2.24. The Labute approximate surface area is 132 Å². The molecule has 1 amide bonds. The van der Waals surface area contributed by atoms with Crippen molar-refractivity contribution < 1.29 is 14.1 Å². The number of rotatable bonds is 4. The normalized spacial score (nSPS) is 10.6. The van der Waals surface area contributed by atoms with Crippen LogP contribution in [0.4, 0.5) is 5.82 Å². The van der Waals surface area contributed by atoms with E-state index in [1.165, 1.54) is 0 Å². The first kappa shape index (κ1) is 14.8. The zero-order chi connectivity index (χ0) is 16.4. The van der Waals surface area contributed by atoms with Gasteiger partial charge in [-0.1, -0.05) is 17.3 Å². The zero-order valence-electron chi connectivity index (χ0n) is 13.0. The highest BCUT2D eigenvalue weighted by Crippen LogP contribution is 2.24. The van der Waals surface area contributed by atoms with Crippen LogP contribution in [0.25, 0.3) is 11.3 Å². The van der Waals surface area contributed by atoms with Crippen LogP contribution in [0, 0.1) is 6.92 Å². The molecule has 7 nitrogen and oxygen atoms in total. The van der Waals surface area contributed by atoms with Crippen molar-refractivity contribution in [3.05, 3.63) is 47.9 Å². The number of hydrogen-bond donors (Lipinski definition) is 1. The van der Waals surface area contributed by atoms with Crippen molar-refractivity contribution in [2.45, 2.75) is 6.92 Å².